The van der Waals surface area contributed by atoms with Crippen molar-refractivity contribution in [1.82, 2.24) is 10.3 Å². The van der Waals surface area contributed by atoms with Crippen LogP contribution in [0, 0.1) is 0 Å². The summed E-state index contributed by atoms with van der Waals surface area (Å²) in [6.07, 6.45) is 0. The summed E-state index contributed by atoms with van der Waals surface area (Å²) in [4.78, 5) is 16.0. The molecule has 0 aliphatic heterocycles. The molecule has 0 aliphatic carbocycles. The van der Waals surface area contributed by atoms with E-state index >= 15 is 0 Å². The van der Waals surface area contributed by atoms with Crippen molar-refractivity contribution in [2.45, 2.75) is 19.5 Å². The predicted molar refractivity (Wildman–Crippen MR) is 68.6 cm³/mol. The van der Waals surface area contributed by atoms with Gasteiger partial charge in [0.1, 0.15) is 0 Å². The molecule has 2 rings (SSSR count). The van der Waals surface area contributed by atoms with Crippen molar-refractivity contribution in [3.05, 3.63) is 38.5 Å². The average molecular weight is 268 g/mol. The number of aromatic nitrogens is 1. The van der Waals surface area contributed by atoms with Crippen LogP contribution in [-0.2, 0) is 6.54 Å². The second kappa shape index (κ2) is 5.39. The van der Waals surface area contributed by atoms with Gasteiger partial charge in [0.05, 0.1) is 5.69 Å². The van der Waals surface area contributed by atoms with E-state index < -0.39 is 5.97 Å². The van der Waals surface area contributed by atoms with E-state index in [1.807, 2.05) is 11.4 Å². The molecular weight excluding hydrogens is 256 g/mol. The molecule has 0 unspecified atom stereocenters. The minimum atomic E-state index is -0.965. The van der Waals surface area contributed by atoms with Crippen molar-refractivity contribution in [3.8, 4) is 0 Å². The minimum Gasteiger partial charge on any atom is -0.476 e. The van der Waals surface area contributed by atoms with Crippen LogP contribution in [0.5, 0.6) is 0 Å². The van der Waals surface area contributed by atoms with Crippen molar-refractivity contribution in [1.29, 1.82) is 0 Å². The van der Waals surface area contributed by atoms with Crippen LogP contribution in [0.3, 0.4) is 0 Å². The number of rotatable bonds is 5. The summed E-state index contributed by atoms with van der Waals surface area (Å²) in [5, 5.41) is 16.0. The van der Waals surface area contributed by atoms with Crippen molar-refractivity contribution < 1.29 is 9.90 Å². The van der Waals surface area contributed by atoms with E-state index in [1.54, 1.807) is 16.7 Å². The number of carboxylic acids is 1. The van der Waals surface area contributed by atoms with Gasteiger partial charge in [0.25, 0.3) is 0 Å². The van der Waals surface area contributed by atoms with Gasteiger partial charge >= 0.3 is 5.97 Å². The maximum absolute atomic E-state index is 10.7. The Kier molecular flexibility index (Phi) is 3.88. The Hall–Kier alpha value is -1.24. The highest BCUT2D eigenvalue weighted by molar-refractivity contribution is 7.11. The van der Waals surface area contributed by atoms with E-state index in [1.165, 1.54) is 4.88 Å². The molecule has 0 spiro atoms. The molecule has 17 heavy (non-hydrogen) atoms. The average Bonchev–Trinajstić information content (AvgIpc) is 2.97. The molecule has 2 heterocycles. The van der Waals surface area contributed by atoms with Gasteiger partial charge < -0.3 is 10.4 Å². The highest BCUT2D eigenvalue weighted by atomic mass is 32.1. The third-order valence-corrected chi connectivity index (χ3v) is 4.23. The van der Waals surface area contributed by atoms with Gasteiger partial charge in [0, 0.05) is 22.8 Å². The quantitative estimate of drug-likeness (QED) is 0.875. The van der Waals surface area contributed by atoms with Crippen molar-refractivity contribution in [2.75, 3.05) is 0 Å². The largest absolute Gasteiger partial charge is 0.476 e. The molecule has 0 fully saturated rings. The molecule has 0 aliphatic rings. The standard InChI is InChI=1S/C11H12N2O2S2/c1-7(9-3-2-4-16-9)12-5-8-6-17-10(13-8)11(14)15/h2-4,6-7,12H,5H2,1H3,(H,14,15)/t7-/m0/s1. The van der Waals surface area contributed by atoms with Gasteiger partial charge in [-0.15, -0.1) is 22.7 Å². The van der Waals surface area contributed by atoms with Crippen LogP contribution >= 0.6 is 22.7 Å². The lowest BCUT2D eigenvalue weighted by molar-refractivity contribution is 0.0696. The molecule has 0 saturated heterocycles. The molecule has 0 aromatic carbocycles. The number of thiazole rings is 1. The van der Waals surface area contributed by atoms with Gasteiger partial charge in [-0.1, -0.05) is 6.07 Å². The summed E-state index contributed by atoms with van der Waals surface area (Å²) >= 11 is 2.86. The number of carbonyl (C=O) groups is 1. The lowest BCUT2D eigenvalue weighted by atomic mass is 10.2. The van der Waals surface area contributed by atoms with Gasteiger partial charge in [0.15, 0.2) is 0 Å². The van der Waals surface area contributed by atoms with Crippen molar-refractivity contribution in [2.24, 2.45) is 0 Å². The Labute approximate surface area is 107 Å². The molecule has 1 atom stereocenters. The summed E-state index contributed by atoms with van der Waals surface area (Å²) in [7, 11) is 0. The van der Waals surface area contributed by atoms with E-state index in [4.69, 9.17) is 5.11 Å². The Bertz CT molecular complexity index is 493. The fourth-order valence-electron chi connectivity index (χ4n) is 1.38. The lowest BCUT2D eigenvalue weighted by Crippen LogP contribution is -2.17. The summed E-state index contributed by atoms with van der Waals surface area (Å²) in [5.74, 6) is -0.965. The Morgan fingerprint density at radius 2 is 2.41 bits per heavy atom. The molecule has 2 aromatic rings. The number of carboxylic acid groups (broad SMARTS) is 1. The minimum absolute atomic E-state index is 0.144. The highest BCUT2D eigenvalue weighted by Crippen LogP contribution is 2.19. The summed E-state index contributed by atoms with van der Waals surface area (Å²) in [5.41, 5.74) is 0.774. The zero-order chi connectivity index (χ0) is 12.3. The number of nitrogens with zero attached hydrogens (tertiary/aromatic N) is 1. The molecule has 90 valence electrons. The summed E-state index contributed by atoms with van der Waals surface area (Å²) in [6, 6.07) is 4.35. The van der Waals surface area contributed by atoms with Crippen LogP contribution in [-0.4, -0.2) is 16.1 Å². The number of nitrogens with one attached hydrogen (secondary N) is 1. The third-order valence-electron chi connectivity index (χ3n) is 2.29. The molecule has 0 saturated carbocycles. The second-order valence-corrected chi connectivity index (χ2v) is 5.40. The second-order valence-electron chi connectivity index (χ2n) is 3.57. The molecular formula is C11H12N2O2S2. The maximum atomic E-state index is 10.7. The fraction of sp³-hybridized carbons (Fsp3) is 0.273. The van der Waals surface area contributed by atoms with Gasteiger partial charge in [-0.3, -0.25) is 0 Å². The predicted octanol–water partition coefficient (Wildman–Crippen LogP) is 2.75. The number of hydrogen-bond acceptors (Lipinski definition) is 5. The summed E-state index contributed by atoms with van der Waals surface area (Å²) < 4.78 is 0. The highest BCUT2D eigenvalue weighted by Gasteiger charge is 2.10. The first-order valence-corrected chi connectivity index (χ1v) is 6.87. The number of thiophene rings is 1. The maximum Gasteiger partial charge on any atom is 0.365 e. The lowest BCUT2D eigenvalue weighted by Gasteiger charge is -2.10. The molecule has 0 radical (unpaired) electrons. The molecule has 6 heteroatoms. The van der Waals surface area contributed by atoms with Crippen LogP contribution in [0.15, 0.2) is 22.9 Å². The number of aromatic carboxylic acids is 1. The molecule has 0 bridgehead atoms. The normalized spacial score (nSPS) is 12.5. The van der Waals surface area contributed by atoms with Gasteiger partial charge in [-0.25, -0.2) is 9.78 Å². The van der Waals surface area contributed by atoms with Crippen LogP contribution in [0.1, 0.15) is 33.3 Å². The SMILES string of the molecule is C[C@H](NCc1csc(C(=O)O)n1)c1cccs1. The molecule has 2 aromatic heterocycles. The van der Waals surface area contributed by atoms with Crippen LogP contribution in [0.25, 0.3) is 0 Å². The zero-order valence-corrected chi connectivity index (χ0v) is 10.8. The monoisotopic (exact) mass is 268 g/mol. The van der Waals surface area contributed by atoms with Gasteiger partial charge in [-0.05, 0) is 18.4 Å². The van der Waals surface area contributed by atoms with E-state index in [9.17, 15) is 4.79 Å². The van der Waals surface area contributed by atoms with Gasteiger partial charge in [-0.2, -0.15) is 0 Å². The Morgan fingerprint density at radius 1 is 1.59 bits per heavy atom. The van der Waals surface area contributed by atoms with Crippen molar-refractivity contribution >= 4 is 28.6 Å². The molecule has 2 N–H and O–H groups in total. The van der Waals surface area contributed by atoms with E-state index in [0.29, 0.717) is 6.54 Å². The summed E-state index contributed by atoms with van der Waals surface area (Å²) in [6.45, 7) is 2.67. The first kappa shape index (κ1) is 12.2. The Morgan fingerprint density at radius 3 is 3.00 bits per heavy atom. The fourth-order valence-corrected chi connectivity index (χ4v) is 2.80. The van der Waals surface area contributed by atoms with E-state index in [2.05, 4.69) is 23.3 Å². The zero-order valence-electron chi connectivity index (χ0n) is 9.21. The smallest absolute Gasteiger partial charge is 0.365 e. The van der Waals surface area contributed by atoms with Crippen LogP contribution in [0.2, 0.25) is 0 Å². The third kappa shape index (κ3) is 3.12. The Balaban J connectivity index is 1.91. The van der Waals surface area contributed by atoms with Gasteiger partial charge in [0.2, 0.25) is 5.01 Å². The first-order chi connectivity index (χ1) is 8.16. The molecule has 0 amide bonds. The number of hydrogen-bond donors (Lipinski definition) is 2. The van der Waals surface area contributed by atoms with Crippen molar-refractivity contribution in [3.63, 3.8) is 0 Å². The topological polar surface area (TPSA) is 62.2 Å². The molecule has 4 nitrogen and oxygen atoms in total. The van der Waals surface area contributed by atoms with Crippen LogP contribution < -0.4 is 5.32 Å². The first-order valence-electron chi connectivity index (χ1n) is 5.11. The van der Waals surface area contributed by atoms with E-state index in [0.717, 1.165) is 17.0 Å². The van der Waals surface area contributed by atoms with Crippen LogP contribution in [0.4, 0.5) is 0 Å². The van der Waals surface area contributed by atoms with E-state index in [-0.39, 0.29) is 11.0 Å².